The van der Waals surface area contributed by atoms with Crippen LogP contribution < -0.4 is 0 Å². The van der Waals surface area contributed by atoms with E-state index < -0.39 is 10.0 Å². The van der Waals surface area contributed by atoms with Crippen LogP contribution in [0.4, 0.5) is 0 Å². The lowest BCUT2D eigenvalue weighted by atomic mass is 10.2. The van der Waals surface area contributed by atoms with Gasteiger partial charge in [0.15, 0.2) is 0 Å². The molecule has 2 heterocycles. The normalized spacial score (nSPS) is 15.5. The molecule has 0 radical (unpaired) electrons. The molecule has 3 rings (SSSR count). The third kappa shape index (κ3) is 4.26. The first-order valence-electron chi connectivity index (χ1n) is 9.20. The summed E-state index contributed by atoms with van der Waals surface area (Å²) in [6.07, 6.45) is 0. The molecule has 1 aliphatic rings. The zero-order valence-electron chi connectivity index (χ0n) is 16.5. The van der Waals surface area contributed by atoms with Crippen molar-refractivity contribution in [2.24, 2.45) is 0 Å². The second-order valence-corrected chi connectivity index (χ2v) is 8.78. The summed E-state index contributed by atoms with van der Waals surface area (Å²) >= 11 is 0. The van der Waals surface area contributed by atoms with Gasteiger partial charge in [-0.3, -0.25) is 9.48 Å². The number of aromatic nitrogens is 2. The maximum Gasteiger partial charge on any atom is 0.246 e. The largest absolute Gasteiger partial charge is 0.379 e. The highest BCUT2D eigenvalue weighted by molar-refractivity contribution is 7.89. The van der Waals surface area contributed by atoms with Gasteiger partial charge < -0.3 is 9.64 Å². The van der Waals surface area contributed by atoms with Crippen LogP contribution in [-0.4, -0.2) is 66.7 Å². The number of aryl methyl sites for hydroxylation is 1. The Kier molecular flexibility index (Phi) is 6.17. The highest BCUT2D eigenvalue weighted by Gasteiger charge is 2.32. The summed E-state index contributed by atoms with van der Waals surface area (Å²) in [7, 11) is -1.93. The van der Waals surface area contributed by atoms with E-state index in [0.717, 1.165) is 5.56 Å². The predicted octanol–water partition coefficient (Wildman–Crippen LogP) is 1.18. The van der Waals surface area contributed by atoms with E-state index in [1.807, 2.05) is 30.3 Å². The molecule has 1 fully saturated rings. The third-order valence-corrected chi connectivity index (χ3v) is 7.01. The SMILES string of the molecule is Cc1nn(CC(=O)N(C)Cc2ccccc2)c(C)c1S(=O)(=O)N1CCOCC1. The Bertz CT molecular complexity index is 934. The summed E-state index contributed by atoms with van der Waals surface area (Å²) in [4.78, 5) is 14.4. The van der Waals surface area contributed by atoms with Gasteiger partial charge in [0.25, 0.3) is 0 Å². The minimum atomic E-state index is -3.66. The Morgan fingerprint density at radius 2 is 1.82 bits per heavy atom. The van der Waals surface area contributed by atoms with Gasteiger partial charge in [0.1, 0.15) is 11.4 Å². The molecule has 8 nitrogen and oxygen atoms in total. The summed E-state index contributed by atoms with van der Waals surface area (Å²) in [6.45, 7) is 5.25. The Labute approximate surface area is 165 Å². The van der Waals surface area contributed by atoms with Crippen LogP contribution in [0.3, 0.4) is 0 Å². The van der Waals surface area contributed by atoms with Gasteiger partial charge in [-0.25, -0.2) is 8.42 Å². The summed E-state index contributed by atoms with van der Waals surface area (Å²) in [5.41, 5.74) is 1.91. The van der Waals surface area contributed by atoms with Gasteiger partial charge >= 0.3 is 0 Å². The number of hydrogen-bond acceptors (Lipinski definition) is 5. The lowest BCUT2D eigenvalue weighted by molar-refractivity contribution is -0.131. The number of rotatable bonds is 6. The molecule has 1 amide bonds. The van der Waals surface area contributed by atoms with Crippen LogP contribution in [0, 0.1) is 13.8 Å². The van der Waals surface area contributed by atoms with E-state index in [9.17, 15) is 13.2 Å². The standard InChI is InChI=1S/C19H26N4O4S/c1-15-19(28(25,26)22-9-11-27-12-10-22)16(2)23(20-15)14-18(24)21(3)13-17-7-5-4-6-8-17/h4-8H,9-14H2,1-3H3. The molecule has 0 atom stereocenters. The number of carbonyl (C=O) groups excluding carboxylic acids is 1. The van der Waals surface area contributed by atoms with Crippen molar-refractivity contribution in [3.05, 3.63) is 47.3 Å². The van der Waals surface area contributed by atoms with E-state index >= 15 is 0 Å². The first-order valence-corrected chi connectivity index (χ1v) is 10.6. The van der Waals surface area contributed by atoms with Gasteiger partial charge in [0.05, 0.1) is 24.6 Å². The van der Waals surface area contributed by atoms with Crippen molar-refractivity contribution in [1.82, 2.24) is 19.0 Å². The van der Waals surface area contributed by atoms with Crippen LogP contribution in [0.15, 0.2) is 35.2 Å². The molecule has 1 saturated heterocycles. The van der Waals surface area contributed by atoms with Crippen molar-refractivity contribution >= 4 is 15.9 Å². The van der Waals surface area contributed by atoms with Gasteiger partial charge in [0.2, 0.25) is 15.9 Å². The number of nitrogens with zero attached hydrogens (tertiary/aromatic N) is 4. The fourth-order valence-corrected chi connectivity index (χ4v) is 5.10. The second kappa shape index (κ2) is 8.42. The van der Waals surface area contributed by atoms with Crippen molar-refractivity contribution in [1.29, 1.82) is 0 Å². The minimum absolute atomic E-state index is 0.00532. The average Bonchev–Trinajstić information content (AvgIpc) is 2.97. The lowest BCUT2D eigenvalue weighted by Gasteiger charge is -2.26. The lowest BCUT2D eigenvalue weighted by Crippen LogP contribution is -2.41. The van der Waals surface area contributed by atoms with Gasteiger partial charge in [-0.1, -0.05) is 30.3 Å². The van der Waals surface area contributed by atoms with E-state index in [0.29, 0.717) is 44.2 Å². The van der Waals surface area contributed by atoms with Crippen LogP contribution in [-0.2, 0) is 32.6 Å². The van der Waals surface area contributed by atoms with E-state index in [2.05, 4.69) is 5.10 Å². The average molecular weight is 407 g/mol. The number of likely N-dealkylation sites (N-methyl/N-ethyl adjacent to an activating group) is 1. The summed E-state index contributed by atoms with van der Waals surface area (Å²) < 4.78 is 34.2. The molecule has 152 valence electrons. The first kappa shape index (κ1) is 20.5. The van der Waals surface area contributed by atoms with Crippen molar-refractivity contribution < 1.29 is 17.9 Å². The summed E-state index contributed by atoms with van der Waals surface area (Å²) in [5, 5.41) is 4.33. The quantitative estimate of drug-likeness (QED) is 0.719. The number of benzene rings is 1. The van der Waals surface area contributed by atoms with Crippen LogP contribution in [0.25, 0.3) is 0 Å². The van der Waals surface area contributed by atoms with Gasteiger partial charge in [-0.15, -0.1) is 0 Å². The number of ether oxygens (including phenoxy) is 1. The number of hydrogen-bond donors (Lipinski definition) is 0. The number of morpholine rings is 1. The van der Waals surface area contributed by atoms with Gasteiger partial charge in [0, 0.05) is 26.7 Å². The molecule has 0 spiro atoms. The molecule has 0 unspecified atom stereocenters. The molecular formula is C19H26N4O4S. The van der Waals surface area contributed by atoms with E-state index in [1.54, 1.807) is 25.8 Å². The zero-order chi connectivity index (χ0) is 20.3. The van der Waals surface area contributed by atoms with Crippen molar-refractivity contribution in [2.75, 3.05) is 33.4 Å². The zero-order valence-corrected chi connectivity index (χ0v) is 17.3. The van der Waals surface area contributed by atoms with Gasteiger partial charge in [-0.05, 0) is 19.4 Å². The number of sulfonamides is 1. The topological polar surface area (TPSA) is 84.7 Å². The van der Waals surface area contributed by atoms with E-state index in [1.165, 1.54) is 8.99 Å². The molecular weight excluding hydrogens is 380 g/mol. The van der Waals surface area contributed by atoms with Crippen LogP contribution in [0.2, 0.25) is 0 Å². The van der Waals surface area contributed by atoms with Crippen LogP contribution in [0.1, 0.15) is 17.0 Å². The fourth-order valence-electron chi connectivity index (χ4n) is 3.32. The fraction of sp³-hybridized carbons (Fsp3) is 0.474. The Hall–Kier alpha value is -2.23. The third-order valence-electron chi connectivity index (χ3n) is 4.86. The molecule has 9 heteroatoms. The molecule has 0 bridgehead atoms. The number of amides is 1. The van der Waals surface area contributed by atoms with Crippen molar-refractivity contribution in [3.8, 4) is 0 Å². The Morgan fingerprint density at radius 1 is 1.18 bits per heavy atom. The van der Waals surface area contributed by atoms with Crippen molar-refractivity contribution in [3.63, 3.8) is 0 Å². The minimum Gasteiger partial charge on any atom is -0.379 e. The van der Waals surface area contributed by atoms with E-state index in [4.69, 9.17) is 4.74 Å². The molecule has 28 heavy (non-hydrogen) atoms. The maximum atomic E-state index is 13.0. The number of carbonyl (C=O) groups is 1. The van der Waals surface area contributed by atoms with Crippen LogP contribution in [0.5, 0.6) is 0 Å². The molecule has 2 aromatic rings. The van der Waals surface area contributed by atoms with Gasteiger partial charge in [-0.2, -0.15) is 9.40 Å². The van der Waals surface area contributed by atoms with Crippen molar-refractivity contribution in [2.45, 2.75) is 31.8 Å². The molecule has 1 aliphatic heterocycles. The highest BCUT2D eigenvalue weighted by atomic mass is 32.2. The maximum absolute atomic E-state index is 13.0. The molecule has 0 N–H and O–H groups in total. The first-order chi connectivity index (χ1) is 13.3. The molecule has 1 aromatic carbocycles. The summed E-state index contributed by atoms with van der Waals surface area (Å²) in [5.74, 6) is -0.134. The Balaban J connectivity index is 1.77. The molecule has 1 aromatic heterocycles. The monoisotopic (exact) mass is 406 g/mol. The Morgan fingerprint density at radius 3 is 2.46 bits per heavy atom. The second-order valence-electron chi connectivity index (χ2n) is 6.91. The van der Waals surface area contributed by atoms with E-state index in [-0.39, 0.29) is 17.3 Å². The smallest absolute Gasteiger partial charge is 0.246 e. The molecule has 0 aliphatic carbocycles. The highest BCUT2D eigenvalue weighted by Crippen LogP contribution is 2.24. The summed E-state index contributed by atoms with van der Waals surface area (Å²) in [6, 6.07) is 9.70. The predicted molar refractivity (Wildman–Crippen MR) is 104 cm³/mol. The molecule has 0 saturated carbocycles. The van der Waals surface area contributed by atoms with Crippen LogP contribution >= 0.6 is 0 Å².